The molecule has 22 heavy (non-hydrogen) atoms. The molecule has 2 aromatic heterocycles. The van der Waals surface area contributed by atoms with Crippen LogP contribution < -0.4 is 5.32 Å². The van der Waals surface area contributed by atoms with Crippen LogP contribution in [0.2, 0.25) is 5.02 Å². The van der Waals surface area contributed by atoms with Gasteiger partial charge in [-0.05, 0) is 41.8 Å². The number of nitrogens with zero attached hydrogens (tertiary/aromatic N) is 1. The molecule has 3 nitrogen and oxygen atoms in total. The van der Waals surface area contributed by atoms with E-state index in [2.05, 4.69) is 5.32 Å². The number of aromatic nitrogens is 1. The molecule has 0 radical (unpaired) electrons. The number of carbonyl (C=O) groups excluding carboxylic acids is 1. The van der Waals surface area contributed by atoms with Gasteiger partial charge in [0.25, 0.3) is 0 Å². The molecule has 3 rings (SSSR count). The second-order valence-corrected chi connectivity index (χ2v) is 6.35. The molecule has 0 atom stereocenters. The number of thiophene rings is 1. The SMILES string of the molecule is O=C(Cc1cccn1-c1cccc(Cl)c1)NCc1cccs1. The quantitative estimate of drug-likeness (QED) is 0.752. The van der Waals surface area contributed by atoms with Crippen molar-refractivity contribution in [1.82, 2.24) is 9.88 Å². The Labute approximate surface area is 138 Å². The molecule has 5 heteroatoms. The van der Waals surface area contributed by atoms with E-state index in [0.717, 1.165) is 16.3 Å². The molecule has 0 saturated heterocycles. The molecule has 0 saturated carbocycles. The fourth-order valence-corrected chi connectivity index (χ4v) is 3.09. The highest BCUT2D eigenvalue weighted by Gasteiger charge is 2.09. The maximum Gasteiger partial charge on any atom is 0.226 e. The first-order valence-corrected chi connectivity index (χ1v) is 8.19. The Bertz CT molecular complexity index is 765. The summed E-state index contributed by atoms with van der Waals surface area (Å²) in [7, 11) is 0. The molecule has 0 aliphatic heterocycles. The minimum absolute atomic E-state index is 0.00961. The molecule has 2 heterocycles. The highest BCUT2D eigenvalue weighted by Crippen LogP contribution is 2.17. The van der Waals surface area contributed by atoms with Gasteiger partial charge in [-0.25, -0.2) is 0 Å². The van der Waals surface area contributed by atoms with Crippen molar-refractivity contribution >= 4 is 28.8 Å². The average molecular weight is 331 g/mol. The van der Waals surface area contributed by atoms with Crippen LogP contribution in [-0.2, 0) is 17.8 Å². The number of hydrogen-bond acceptors (Lipinski definition) is 2. The normalized spacial score (nSPS) is 10.6. The van der Waals surface area contributed by atoms with Crippen molar-refractivity contribution in [3.63, 3.8) is 0 Å². The summed E-state index contributed by atoms with van der Waals surface area (Å²) in [4.78, 5) is 13.3. The molecule has 112 valence electrons. The summed E-state index contributed by atoms with van der Waals surface area (Å²) in [5.41, 5.74) is 1.89. The molecule has 1 amide bonds. The van der Waals surface area contributed by atoms with Gasteiger partial charge in [-0.1, -0.05) is 23.7 Å². The van der Waals surface area contributed by atoms with Gasteiger partial charge in [0.2, 0.25) is 5.91 Å². The Hall–Kier alpha value is -2.04. The number of rotatable bonds is 5. The molecule has 0 spiro atoms. The molecule has 1 N–H and O–H groups in total. The maximum atomic E-state index is 12.1. The van der Waals surface area contributed by atoms with E-state index in [9.17, 15) is 4.79 Å². The number of carbonyl (C=O) groups is 1. The van der Waals surface area contributed by atoms with Crippen LogP contribution in [-0.4, -0.2) is 10.5 Å². The highest BCUT2D eigenvalue weighted by molar-refractivity contribution is 7.09. The predicted octanol–water partition coefficient (Wildman–Crippen LogP) is 4.05. The first-order valence-electron chi connectivity index (χ1n) is 6.93. The standard InChI is InChI=1S/C17H15ClN2OS/c18-13-4-1-5-14(10-13)20-8-2-6-15(20)11-17(21)19-12-16-7-3-9-22-16/h1-10H,11-12H2,(H,19,21). The summed E-state index contributed by atoms with van der Waals surface area (Å²) in [5, 5.41) is 5.63. The Morgan fingerprint density at radius 3 is 2.86 bits per heavy atom. The molecule has 0 aliphatic carbocycles. The topological polar surface area (TPSA) is 34.0 Å². The van der Waals surface area contributed by atoms with Crippen molar-refractivity contribution in [3.8, 4) is 5.69 Å². The third kappa shape index (κ3) is 3.59. The summed E-state index contributed by atoms with van der Waals surface area (Å²) in [5.74, 6) is 0.00961. The van der Waals surface area contributed by atoms with Crippen LogP contribution in [0.15, 0.2) is 60.1 Å². The van der Waals surface area contributed by atoms with Gasteiger partial charge >= 0.3 is 0 Å². The van der Waals surface area contributed by atoms with Crippen LogP contribution in [0.1, 0.15) is 10.6 Å². The Balaban J connectivity index is 1.68. The highest BCUT2D eigenvalue weighted by atomic mass is 35.5. The number of nitrogens with one attached hydrogen (secondary N) is 1. The van der Waals surface area contributed by atoms with Crippen molar-refractivity contribution < 1.29 is 4.79 Å². The van der Waals surface area contributed by atoms with E-state index in [-0.39, 0.29) is 5.91 Å². The molecular weight excluding hydrogens is 316 g/mol. The number of amides is 1. The average Bonchev–Trinajstić information content (AvgIpc) is 3.16. The van der Waals surface area contributed by atoms with Crippen LogP contribution in [0, 0.1) is 0 Å². The molecular formula is C17H15ClN2OS. The van der Waals surface area contributed by atoms with Crippen LogP contribution in [0.25, 0.3) is 5.69 Å². The molecule has 0 bridgehead atoms. The summed E-state index contributed by atoms with van der Waals surface area (Å²) < 4.78 is 1.98. The van der Waals surface area contributed by atoms with Crippen LogP contribution >= 0.6 is 22.9 Å². The fourth-order valence-electron chi connectivity index (χ4n) is 2.26. The third-order valence-electron chi connectivity index (χ3n) is 3.30. The zero-order chi connectivity index (χ0) is 15.4. The van der Waals surface area contributed by atoms with Crippen molar-refractivity contribution in [2.24, 2.45) is 0 Å². The summed E-state index contributed by atoms with van der Waals surface area (Å²) in [6.07, 6.45) is 2.28. The number of halogens is 1. The fraction of sp³-hybridized carbons (Fsp3) is 0.118. The van der Waals surface area contributed by atoms with Gasteiger partial charge < -0.3 is 9.88 Å². The zero-order valence-electron chi connectivity index (χ0n) is 11.8. The Morgan fingerprint density at radius 2 is 2.09 bits per heavy atom. The van der Waals surface area contributed by atoms with E-state index in [1.54, 1.807) is 11.3 Å². The van der Waals surface area contributed by atoms with Gasteiger partial charge in [-0.15, -0.1) is 11.3 Å². The summed E-state index contributed by atoms with van der Waals surface area (Å²) >= 11 is 7.68. The van der Waals surface area contributed by atoms with Crippen LogP contribution in [0.4, 0.5) is 0 Å². The second kappa shape index (κ2) is 6.81. The van der Waals surface area contributed by atoms with E-state index in [1.807, 2.05) is 64.7 Å². The zero-order valence-corrected chi connectivity index (χ0v) is 13.4. The smallest absolute Gasteiger partial charge is 0.226 e. The lowest BCUT2D eigenvalue weighted by Gasteiger charge is -2.10. The van der Waals surface area contributed by atoms with Crippen molar-refractivity contribution in [2.45, 2.75) is 13.0 Å². The maximum absolute atomic E-state index is 12.1. The minimum Gasteiger partial charge on any atom is -0.351 e. The van der Waals surface area contributed by atoms with Gasteiger partial charge in [0.05, 0.1) is 13.0 Å². The molecule has 0 unspecified atom stereocenters. The van der Waals surface area contributed by atoms with E-state index in [1.165, 1.54) is 0 Å². The third-order valence-corrected chi connectivity index (χ3v) is 4.41. The van der Waals surface area contributed by atoms with Crippen LogP contribution in [0.5, 0.6) is 0 Å². The van der Waals surface area contributed by atoms with Crippen LogP contribution in [0.3, 0.4) is 0 Å². The van der Waals surface area contributed by atoms with Gasteiger partial charge in [0.1, 0.15) is 0 Å². The van der Waals surface area contributed by atoms with Gasteiger partial charge in [-0.3, -0.25) is 4.79 Å². The van der Waals surface area contributed by atoms with E-state index < -0.39 is 0 Å². The van der Waals surface area contributed by atoms with Gasteiger partial charge in [0.15, 0.2) is 0 Å². The number of hydrogen-bond donors (Lipinski definition) is 1. The molecule has 1 aromatic carbocycles. The lowest BCUT2D eigenvalue weighted by Crippen LogP contribution is -2.25. The summed E-state index contributed by atoms with van der Waals surface area (Å²) in [6.45, 7) is 0.578. The van der Waals surface area contributed by atoms with Gasteiger partial charge in [-0.2, -0.15) is 0 Å². The van der Waals surface area contributed by atoms with Crippen molar-refractivity contribution in [2.75, 3.05) is 0 Å². The van der Waals surface area contributed by atoms with E-state index in [0.29, 0.717) is 18.0 Å². The minimum atomic E-state index is 0.00961. The Morgan fingerprint density at radius 1 is 1.18 bits per heavy atom. The lowest BCUT2D eigenvalue weighted by atomic mass is 10.2. The number of benzene rings is 1. The van der Waals surface area contributed by atoms with E-state index >= 15 is 0 Å². The molecule has 0 fully saturated rings. The van der Waals surface area contributed by atoms with Crippen molar-refractivity contribution in [3.05, 3.63) is 75.7 Å². The second-order valence-electron chi connectivity index (χ2n) is 4.88. The summed E-state index contributed by atoms with van der Waals surface area (Å²) in [6, 6.07) is 15.5. The predicted molar refractivity (Wildman–Crippen MR) is 90.6 cm³/mol. The Kier molecular flexibility index (Phi) is 4.61. The first kappa shape index (κ1) is 14.9. The van der Waals surface area contributed by atoms with Gasteiger partial charge in [0, 0.05) is 27.5 Å². The molecule has 0 aliphatic rings. The molecule has 3 aromatic rings. The lowest BCUT2D eigenvalue weighted by molar-refractivity contribution is -0.120. The first-order chi connectivity index (χ1) is 10.7. The van der Waals surface area contributed by atoms with Crippen molar-refractivity contribution in [1.29, 1.82) is 0 Å². The largest absolute Gasteiger partial charge is 0.351 e. The van der Waals surface area contributed by atoms with E-state index in [4.69, 9.17) is 11.6 Å². The monoisotopic (exact) mass is 330 g/mol.